The number of nitrogens with one attached hydrogen (secondary N) is 3. The van der Waals surface area contributed by atoms with Crippen molar-refractivity contribution in [3.8, 4) is 12.3 Å². The number of hydrogen-bond acceptors (Lipinski definition) is 3. The molecular formula is C18H17N3O2. The molecule has 3 N–H and O–H groups in total. The quantitative estimate of drug-likeness (QED) is 0.741. The normalized spacial score (nSPS) is 9.52. The van der Waals surface area contributed by atoms with Crippen LogP contribution in [0.1, 0.15) is 11.1 Å². The summed E-state index contributed by atoms with van der Waals surface area (Å²) in [7, 11) is 0. The summed E-state index contributed by atoms with van der Waals surface area (Å²) in [5, 5.41) is 7.79. The highest BCUT2D eigenvalue weighted by Crippen LogP contribution is 2.08. The molecule has 0 aliphatic rings. The highest BCUT2D eigenvalue weighted by atomic mass is 16.2. The van der Waals surface area contributed by atoms with Crippen molar-refractivity contribution in [2.75, 3.05) is 11.9 Å². The molecule has 0 saturated carbocycles. The molecule has 23 heavy (non-hydrogen) atoms. The van der Waals surface area contributed by atoms with Crippen LogP contribution in [0.3, 0.4) is 0 Å². The van der Waals surface area contributed by atoms with Gasteiger partial charge in [0.15, 0.2) is 0 Å². The first kappa shape index (κ1) is 16.1. The molecule has 0 fully saturated rings. The minimum atomic E-state index is -0.530. The van der Waals surface area contributed by atoms with Crippen LogP contribution in [0, 0.1) is 12.3 Å². The monoisotopic (exact) mass is 307 g/mol. The Bertz CT molecular complexity index is 721. The van der Waals surface area contributed by atoms with E-state index in [2.05, 4.69) is 21.9 Å². The summed E-state index contributed by atoms with van der Waals surface area (Å²) in [5.74, 6) is 2.09. The van der Waals surface area contributed by atoms with Crippen LogP contribution >= 0.6 is 0 Å². The minimum Gasteiger partial charge on any atom is -0.376 e. The van der Waals surface area contributed by atoms with E-state index in [-0.39, 0.29) is 6.54 Å². The summed E-state index contributed by atoms with van der Waals surface area (Å²) in [6, 6.07) is 16.1. The third-order valence-corrected chi connectivity index (χ3v) is 3.03. The van der Waals surface area contributed by atoms with E-state index in [4.69, 9.17) is 6.42 Å². The zero-order chi connectivity index (χ0) is 16.5. The Morgan fingerprint density at radius 2 is 1.83 bits per heavy atom. The summed E-state index contributed by atoms with van der Waals surface area (Å²) in [6.45, 7) is 0.338. The number of urea groups is 1. The summed E-state index contributed by atoms with van der Waals surface area (Å²) >= 11 is 0. The maximum absolute atomic E-state index is 11.7. The van der Waals surface area contributed by atoms with Crippen LogP contribution in [0.15, 0.2) is 54.6 Å². The predicted octanol–water partition coefficient (Wildman–Crippen LogP) is 2.11. The molecule has 5 nitrogen and oxygen atoms in total. The minimum absolute atomic E-state index is 0.0210. The number of carbonyl (C=O) groups excluding carboxylic acids is 2. The van der Waals surface area contributed by atoms with Crippen LogP contribution < -0.4 is 16.0 Å². The first-order chi connectivity index (χ1) is 11.2. The van der Waals surface area contributed by atoms with Crippen molar-refractivity contribution in [1.29, 1.82) is 0 Å². The van der Waals surface area contributed by atoms with E-state index >= 15 is 0 Å². The molecule has 0 aliphatic heterocycles. The van der Waals surface area contributed by atoms with Crippen molar-refractivity contribution in [2.24, 2.45) is 0 Å². The summed E-state index contributed by atoms with van der Waals surface area (Å²) < 4.78 is 0. The van der Waals surface area contributed by atoms with Gasteiger partial charge in [-0.2, -0.15) is 0 Å². The van der Waals surface area contributed by atoms with E-state index in [1.54, 1.807) is 24.3 Å². The number of rotatable bonds is 5. The Balaban J connectivity index is 1.73. The highest BCUT2D eigenvalue weighted by Gasteiger charge is 2.07. The van der Waals surface area contributed by atoms with Gasteiger partial charge in [0.25, 0.3) is 0 Å². The maximum Gasteiger partial charge on any atom is 0.321 e. The molecule has 0 bridgehead atoms. The van der Waals surface area contributed by atoms with Crippen LogP contribution in [0.2, 0.25) is 0 Å². The van der Waals surface area contributed by atoms with Crippen molar-refractivity contribution in [1.82, 2.24) is 10.6 Å². The second-order valence-electron chi connectivity index (χ2n) is 4.80. The number of anilines is 1. The van der Waals surface area contributed by atoms with E-state index < -0.39 is 11.9 Å². The fourth-order valence-corrected chi connectivity index (χ4v) is 1.89. The van der Waals surface area contributed by atoms with Crippen LogP contribution in [0.4, 0.5) is 10.5 Å². The Labute approximate surface area is 135 Å². The van der Waals surface area contributed by atoms with Gasteiger partial charge in [-0.25, -0.2) is 4.79 Å². The van der Waals surface area contributed by atoms with Gasteiger partial charge in [-0.05, 0) is 23.8 Å². The number of carbonyl (C=O) groups is 2. The van der Waals surface area contributed by atoms with Gasteiger partial charge >= 0.3 is 6.03 Å². The topological polar surface area (TPSA) is 70.2 Å². The third-order valence-electron chi connectivity index (χ3n) is 3.03. The second kappa shape index (κ2) is 8.25. The van der Waals surface area contributed by atoms with Gasteiger partial charge in [-0.1, -0.05) is 42.3 Å². The zero-order valence-electron chi connectivity index (χ0n) is 12.5. The fraction of sp³-hybridized carbons (Fsp3) is 0.111. The van der Waals surface area contributed by atoms with Gasteiger partial charge in [0.1, 0.15) is 0 Å². The number of terminal acetylenes is 1. The lowest BCUT2D eigenvalue weighted by molar-refractivity contribution is -0.118. The van der Waals surface area contributed by atoms with Crippen molar-refractivity contribution in [3.05, 3.63) is 65.7 Å². The van der Waals surface area contributed by atoms with Crippen molar-refractivity contribution in [3.63, 3.8) is 0 Å². The van der Waals surface area contributed by atoms with Gasteiger partial charge in [-0.15, -0.1) is 6.42 Å². The lowest BCUT2D eigenvalue weighted by Gasteiger charge is -2.08. The average molecular weight is 307 g/mol. The first-order valence-electron chi connectivity index (χ1n) is 7.09. The highest BCUT2D eigenvalue weighted by molar-refractivity contribution is 5.96. The van der Waals surface area contributed by atoms with Crippen molar-refractivity contribution in [2.45, 2.75) is 6.54 Å². The van der Waals surface area contributed by atoms with Gasteiger partial charge in [0.2, 0.25) is 5.91 Å². The Kier molecular flexibility index (Phi) is 5.78. The molecule has 116 valence electrons. The number of imide groups is 1. The molecule has 0 aliphatic carbocycles. The first-order valence-corrected chi connectivity index (χ1v) is 7.09. The smallest absolute Gasteiger partial charge is 0.321 e. The average Bonchev–Trinajstić information content (AvgIpc) is 2.59. The molecule has 0 saturated heterocycles. The standard InChI is InChI=1S/C18H17N3O2/c1-2-14-9-6-10-16(11-14)19-13-17(22)21-18(23)20-12-15-7-4-3-5-8-15/h1,3-11,19H,12-13H2,(H2,20,21,22,23). The molecule has 3 amide bonds. The number of amides is 3. The van der Waals surface area contributed by atoms with Crippen molar-refractivity contribution >= 4 is 17.6 Å². The van der Waals surface area contributed by atoms with Crippen LogP contribution in [0.25, 0.3) is 0 Å². The van der Waals surface area contributed by atoms with Crippen molar-refractivity contribution < 1.29 is 9.59 Å². The second-order valence-corrected chi connectivity index (χ2v) is 4.80. The van der Waals surface area contributed by atoms with Crippen LogP contribution in [0.5, 0.6) is 0 Å². The van der Waals surface area contributed by atoms with Gasteiger partial charge in [-0.3, -0.25) is 10.1 Å². The molecule has 0 aromatic heterocycles. The lowest BCUT2D eigenvalue weighted by atomic mass is 10.2. The number of hydrogen-bond donors (Lipinski definition) is 3. The van der Waals surface area contributed by atoms with Crippen LogP contribution in [-0.4, -0.2) is 18.5 Å². The molecule has 0 radical (unpaired) electrons. The van der Waals surface area contributed by atoms with E-state index in [1.807, 2.05) is 30.3 Å². The van der Waals surface area contributed by atoms with Gasteiger partial charge in [0.05, 0.1) is 6.54 Å². The molecule has 0 atom stereocenters. The largest absolute Gasteiger partial charge is 0.376 e. The van der Waals surface area contributed by atoms with Crippen LogP contribution in [-0.2, 0) is 11.3 Å². The zero-order valence-corrected chi connectivity index (χ0v) is 12.5. The summed E-state index contributed by atoms with van der Waals surface area (Å²) in [4.78, 5) is 23.4. The third kappa shape index (κ3) is 5.56. The van der Waals surface area contributed by atoms with Gasteiger partial charge < -0.3 is 10.6 Å². The van der Waals surface area contributed by atoms with Gasteiger partial charge in [0, 0.05) is 17.8 Å². The SMILES string of the molecule is C#Cc1cccc(NCC(=O)NC(=O)NCc2ccccc2)c1. The Morgan fingerprint density at radius 1 is 1.04 bits per heavy atom. The Morgan fingerprint density at radius 3 is 2.57 bits per heavy atom. The molecule has 0 heterocycles. The Hall–Kier alpha value is -3.26. The maximum atomic E-state index is 11.7. The molecule has 0 spiro atoms. The fourth-order valence-electron chi connectivity index (χ4n) is 1.89. The molecule has 0 unspecified atom stereocenters. The van der Waals surface area contributed by atoms with E-state index in [9.17, 15) is 9.59 Å². The molecule has 2 aromatic rings. The lowest BCUT2D eigenvalue weighted by Crippen LogP contribution is -2.41. The molecule has 5 heteroatoms. The molecular weight excluding hydrogens is 290 g/mol. The van der Waals surface area contributed by atoms with E-state index in [0.717, 1.165) is 16.8 Å². The summed E-state index contributed by atoms with van der Waals surface area (Å²) in [5.41, 5.74) is 2.40. The number of benzene rings is 2. The molecule has 2 aromatic carbocycles. The van der Waals surface area contributed by atoms with E-state index in [1.165, 1.54) is 0 Å². The predicted molar refractivity (Wildman–Crippen MR) is 89.7 cm³/mol. The van der Waals surface area contributed by atoms with E-state index in [0.29, 0.717) is 6.54 Å². The molecule has 2 rings (SSSR count). The summed E-state index contributed by atoms with van der Waals surface area (Å²) in [6.07, 6.45) is 5.31.